The number of aromatic nitrogens is 2. The fraction of sp³-hybridized carbons (Fsp3) is 0.545. The second-order valence-corrected chi connectivity index (χ2v) is 8.43. The first-order chi connectivity index (χ1) is 14.2. The van der Waals surface area contributed by atoms with Crippen LogP contribution < -0.4 is 20.1 Å². The summed E-state index contributed by atoms with van der Waals surface area (Å²) in [7, 11) is 1.82. The monoisotopic (exact) mass is 543 g/mol. The van der Waals surface area contributed by atoms with Gasteiger partial charge in [0.1, 0.15) is 17.8 Å². The number of aliphatic imine (C=N–C) groups is 1. The van der Waals surface area contributed by atoms with Crippen LogP contribution in [0.25, 0.3) is 0 Å². The number of para-hydroxylation sites is 1. The SMILES string of the molecule is CCNC(=NCC(C)(O)c1cnn(C)c1)NCCOc1cccc2c1OC(C)(C)C2.I. The molecule has 1 aliphatic rings. The van der Waals surface area contributed by atoms with Gasteiger partial charge in [0.25, 0.3) is 0 Å². The van der Waals surface area contributed by atoms with Gasteiger partial charge in [0, 0.05) is 37.3 Å². The predicted octanol–water partition coefficient (Wildman–Crippen LogP) is 2.59. The number of rotatable bonds is 8. The highest BCUT2D eigenvalue weighted by Crippen LogP contribution is 2.41. The predicted molar refractivity (Wildman–Crippen MR) is 133 cm³/mol. The zero-order valence-electron chi connectivity index (χ0n) is 18.9. The Morgan fingerprint density at radius 1 is 1.39 bits per heavy atom. The lowest BCUT2D eigenvalue weighted by atomic mass is 10.0. The first-order valence-corrected chi connectivity index (χ1v) is 10.4. The first-order valence-electron chi connectivity index (χ1n) is 10.4. The van der Waals surface area contributed by atoms with Crippen molar-refractivity contribution >= 4 is 29.9 Å². The van der Waals surface area contributed by atoms with E-state index in [2.05, 4.69) is 40.6 Å². The lowest BCUT2D eigenvalue weighted by Gasteiger charge is -2.21. The number of hydrogen-bond acceptors (Lipinski definition) is 5. The molecule has 1 aliphatic heterocycles. The Hall–Kier alpha value is -2.01. The normalized spacial score (nSPS) is 16.5. The lowest BCUT2D eigenvalue weighted by Crippen LogP contribution is -2.40. The minimum atomic E-state index is -1.10. The highest BCUT2D eigenvalue weighted by molar-refractivity contribution is 14.0. The Balaban J connectivity index is 0.00000341. The van der Waals surface area contributed by atoms with Crippen LogP contribution in [0.15, 0.2) is 35.6 Å². The summed E-state index contributed by atoms with van der Waals surface area (Å²) in [6.45, 7) is 9.85. The maximum Gasteiger partial charge on any atom is 0.191 e. The summed E-state index contributed by atoms with van der Waals surface area (Å²) in [5, 5.41) is 21.3. The molecular formula is C22H34IN5O3. The molecule has 8 nitrogen and oxygen atoms in total. The van der Waals surface area contributed by atoms with Gasteiger partial charge in [0.2, 0.25) is 0 Å². The van der Waals surface area contributed by atoms with E-state index in [4.69, 9.17) is 9.47 Å². The van der Waals surface area contributed by atoms with E-state index in [0.29, 0.717) is 19.1 Å². The van der Waals surface area contributed by atoms with Gasteiger partial charge in [0.05, 0.1) is 19.3 Å². The number of ether oxygens (including phenoxy) is 2. The van der Waals surface area contributed by atoms with Crippen LogP contribution in [0.1, 0.15) is 38.8 Å². The molecule has 1 aromatic carbocycles. The lowest BCUT2D eigenvalue weighted by molar-refractivity contribution is 0.0671. The fourth-order valence-electron chi connectivity index (χ4n) is 3.40. The Morgan fingerprint density at radius 2 is 2.16 bits per heavy atom. The highest BCUT2D eigenvalue weighted by atomic mass is 127. The zero-order valence-corrected chi connectivity index (χ0v) is 21.3. The van der Waals surface area contributed by atoms with Crippen molar-refractivity contribution in [2.24, 2.45) is 12.0 Å². The van der Waals surface area contributed by atoms with Gasteiger partial charge in [0.15, 0.2) is 17.5 Å². The molecule has 0 saturated heterocycles. The van der Waals surface area contributed by atoms with Crippen molar-refractivity contribution in [1.82, 2.24) is 20.4 Å². The van der Waals surface area contributed by atoms with Crippen LogP contribution >= 0.6 is 24.0 Å². The smallest absolute Gasteiger partial charge is 0.191 e. The molecular weight excluding hydrogens is 509 g/mol. The molecule has 1 aromatic heterocycles. The second kappa shape index (κ2) is 10.5. The van der Waals surface area contributed by atoms with Gasteiger partial charge in [-0.15, -0.1) is 24.0 Å². The molecule has 0 bridgehead atoms. The van der Waals surface area contributed by atoms with Crippen molar-refractivity contribution in [2.75, 3.05) is 26.2 Å². The molecule has 3 N–H and O–H groups in total. The van der Waals surface area contributed by atoms with Gasteiger partial charge in [-0.1, -0.05) is 12.1 Å². The largest absolute Gasteiger partial charge is 0.488 e. The molecule has 3 rings (SSSR count). The van der Waals surface area contributed by atoms with Crippen LogP contribution in [0.5, 0.6) is 11.5 Å². The molecule has 0 fully saturated rings. The van der Waals surface area contributed by atoms with Crippen LogP contribution in [0.4, 0.5) is 0 Å². The molecule has 2 heterocycles. The van der Waals surface area contributed by atoms with E-state index in [9.17, 15) is 5.11 Å². The molecule has 172 valence electrons. The Bertz CT molecular complexity index is 895. The van der Waals surface area contributed by atoms with Gasteiger partial charge >= 0.3 is 0 Å². The maximum absolute atomic E-state index is 10.7. The Kier molecular flexibility index (Phi) is 8.58. The van der Waals surface area contributed by atoms with Crippen LogP contribution in [0.2, 0.25) is 0 Å². The molecule has 1 unspecified atom stereocenters. The summed E-state index contributed by atoms with van der Waals surface area (Å²) in [4.78, 5) is 4.52. The highest BCUT2D eigenvalue weighted by Gasteiger charge is 2.32. The molecule has 0 amide bonds. The van der Waals surface area contributed by atoms with E-state index < -0.39 is 5.60 Å². The van der Waals surface area contributed by atoms with Gasteiger partial charge in [-0.05, 0) is 33.8 Å². The zero-order chi connectivity index (χ0) is 21.8. The van der Waals surface area contributed by atoms with Gasteiger partial charge in [-0.3, -0.25) is 4.68 Å². The van der Waals surface area contributed by atoms with Crippen LogP contribution in [0, 0.1) is 0 Å². The average Bonchev–Trinajstić information content (AvgIpc) is 3.25. The molecule has 31 heavy (non-hydrogen) atoms. The molecule has 0 saturated carbocycles. The summed E-state index contributed by atoms with van der Waals surface area (Å²) in [6, 6.07) is 6.02. The number of nitrogens with zero attached hydrogens (tertiary/aromatic N) is 3. The van der Waals surface area contributed by atoms with Gasteiger partial charge in [-0.25, -0.2) is 4.99 Å². The van der Waals surface area contributed by atoms with E-state index in [1.807, 2.05) is 26.1 Å². The Labute approximate surface area is 201 Å². The maximum atomic E-state index is 10.7. The fourth-order valence-corrected chi connectivity index (χ4v) is 3.40. The number of guanidine groups is 1. The van der Waals surface area contributed by atoms with Crippen LogP contribution in [-0.2, 0) is 19.1 Å². The summed E-state index contributed by atoms with van der Waals surface area (Å²) in [6.07, 6.45) is 4.34. The second-order valence-electron chi connectivity index (χ2n) is 8.43. The van der Waals surface area contributed by atoms with Gasteiger partial charge in [-0.2, -0.15) is 5.10 Å². The van der Waals surface area contributed by atoms with E-state index in [0.717, 1.165) is 30.0 Å². The molecule has 0 aliphatic carbocycles. The number of fused-ring (bicyclic) bond motifs is 1. The molecule has 1 atom stereocenters. The van der Waals surface area contributed by atoms with E-state index >= 15 is 0 Å². The number of nitrogens with one attached hydrogen (secondary N) is 2. The minimum absolute atomic E-state index is 0. The molecule has 0 spiro atoms. The third-order valence-electron chi connectivity index (χ3n) is 4.92. The quantitative estimate of drug-likeness (QED) is 0.205. The third-order valence-corrected chi connectivity index (χ3v) is 4.92. The van der Waals surface area contributed by atoms with E-state index in [-0.39, 0.29) is 36.1 Å². The standard InChI is InChI=1S/C22H33N5O3.HI/c1-6-23-20(25-15-22(4,28)17-13-26-27(5)14-17)24-10-11-29-18-9-7-8-16-12-21(2,3)30-19(16)18;/h7-9,13-14,28H,6,10-12,15H2,1-5H3,(H2,23,24,25);1H. The Morgan fingerprint density at radius 3 is 2.84 bits per heavy atom. The molecule has 9 heteroatoms. The van der Waals surface area contributed by atoms with Gasteiger partial charge < -0.3 is 25.2 Å². The summed E-state index contributed by atoms with van der Waals surface area (Å²) in [5.74, 6) is 2.23. The third kappa shape index (κ3) is 6.73. The first kappa shape index (κ1) is 25.3. The van der Waals surface area contributed by atoms with Crippen molar-refractivity contribution in [3.63, 3.8) is 0 Å². The summed E-state index contributed by atoms with van der Waals surface area (Å²) < 4.78 is 13.7. The van der Waals surface area contributed by atoms with Crippen molar-refractivity contribution in [3.05, 3.63) is 41.7 Å². The molecule has 0 radical (unpaired) electrons. The number of halogens is 1. The molecule has 2 aromatic rings. The number of hydrogen-bond donors (Lipinski definition) is 3. The van der Waals surface area contributed by atoms with Crippen molar-refractivity contribution in [1.29, 1.82) is 0 Å². The van der Waals surface area contributed by atoms with Crippen molar-refractivity contribution < 1.29 is 14.6 Å². The summed E-state index contributed by atoms with van der Waals surface area (Å²) in [5.41, 5.74) is 0.615. The van der Waals surface area contributed by atoms with Crippen LogP contribution in [0.3, 0.4) is 0 Å². The summed E-state index contributed by atoms with van der Waals surface area (Å²) >= 11 is 0. The minimum Gasteiger partial charge on any atom is -0.488 e. The topological polar surface area (TPSA) is 92.9 Å². The van der Waals surface area contributed by atoms with Crippen molar-refractivity contribution in [2.45, 2.75) is 45.3 Å². The number of aryl methyl sites for hydroxylation is 1. The number of benzene rings is 1. The van der Waals surface area contributed by atoms with E-state index in [1.54, 1.807) is 24.0 Å². The van der Waals surface area contributed by atoms with E-state index in [1.165, 1.54) is 5.56 Å². The van der Waals surface area contributed by atoms with Crippen LogP contribution in [-0.4, -0.2) is 52.7 Å². The number of aliphatic hydroxyl groups is 1. The average molecular weight is 543 g/mol. The van der Waals surface area contributed by atoms with Crippen molar-refractivity contribution in [3.8, 4) is 11.5 Å².